The van der Waals surface area contributed by atoms with E-state index in [0.29, 0.717) is 12.5 Å². The zero-order chi connectivity index (χ0) is 16.7. The lowest BCUT2D eigenvalue weighted by molar-refractivity contribution is 0.0376. The molecule has 3 N–H and O–H groups in total. The zero-order valence-electron chi connectivity index (χ0n) is 14.5. The lowest BCUT2D eigenvalue weighted by atomic mass is 9.93. The molecule has 0 radical (unpaired) electrons. The number of thiazole rings is 1. The van der Waals surface area contributed by atoms with Gasteiger partial charge in [-0.1, -0.05) is 20.8 Å². The molecule has 1 saturated heterocycles. The molecule has 0 saturated carbocycles. The molecule has 1 aromatic heterocycles. The fraction of sp³-hybridized carbons (Fsp3) is 0.750. The Bertz CT molecular complexity index is 503. The van der Waals surface area contributed by atoms with E-state index in [1.807, 2.05) is 0 Å². The number of nitrogens with zero attached hydrogens (tertiary/aromatic N) is 3. The molecule has 7 heteroatoms. The Morgan fingerprint density at radius 1 is 1.43 bits per heavy atom. The highest BCUT2D eigenvalue weighted by Crippen LogP contribution is 2.24. The largest absolute Gasteiger partial charge is 0.379 e. The molecule has 0 atom stereocenters. The number of hydrogen-bond donors (Lipinski definition) is 2. The smallest absolute Gasteiger partial charge is 0.189 e. The summed E-state index contributed by atoms with van der Waals surface area (Å²) in [4.78, 5) is 11.4. The highest BCUT2D eigenvalue weighted by Gasteiger charge is 2.17. The second-order valence-electron chi connectivity index (χ2n) is 6.81. The van der Waals surface area contributed by atoms with Gasteiger partial charge in [-0.15, -0.1) is 11.3 Å². The standard InChI is InChI=1S/C16H29N5OS/c1-16(2,3)13-12-23-14(20-13)11-19-15(17)18-5-4-6-21-7-9-22-10-8-21/h12H,4-11H2,1-3H3,(H3,17,18,19). The lowest BCUT2D eigenvalue weighted by Crippen LogP contribution is -2.39. The minimum absolute atomic E-state index is 0.0851. The van der Waals surface area contributed by atoms with Crippen molar-refractivity contribution in [2.75, 3.05) is 39.4 Å². The van der Waals surface area contributed by atoms with Gasteiger partial charge in [0.15, 0.2) is 5.96 Å². The van der Waals surface area contributed by atoms with Crippen molar-refractivity contribution in [2.45, 2.75) is 39.2 Å². The van der Waals surface area contributed by atoms with Crippen LogP contribution in [0.5, 0.6) is 0 Å². The van der Waals surface area contributed by atoms with Crippen molar-refractivity contribution in [1.29, 1.82) is 0 Å². The number of nitrogens with two attached hydrogens (primary N) is 1. The molecule has 23 heavy (non-hydrogen) atoms. The molecule has 0 spiro atoms. The van der Waals surface area contributed by atoms with Gasteiger partial charge in [0.1, 0.15) is 5.01 Å². The van der Waals surface area contributed by atoms with E-state index in [2.05, 4.69) is 46.3 Å². The summed E-state index contributed by atoms with van der Waals surface area (Å²) in [5, 5.41) is 6.29. The monoisotopic (exact) mass is 339 g/mol. The molecule has 1 aliphatic rings. The third kappa shape index (κ3) is 6.45. The van der Waals surface area contributed by atoms with Crippen LogP contribution in [0.4, 0.5) is 0 Å². The molecule has 2 heterocycles. The fourth-order valence-electron chi connectivity index (χ4n) is 2.28. The van der Waals surface area contributed by atoms with Crippen molar-refractivity contribution in [3.8, 4) is 0 Å². The van der Waals surface area contributed by atoms with E-state index in [1.165, 1.54) is 0 Å². The number of rotatable bonds is 6. The Morgan fingerprint density at radius 2 is 2.17 bits per heavy atom. The van der Waals surface area contributed by atoms with Gasteiger partial charge in [-0.2, -0.15) is 0 Å². The molecule has 1 aromatic rings. The van der Waals surface area contributed by atoms with Gasteiger partial charge in [-0.05, 0) is 13.0 Å². The van der Waals surface area contributed by atoms with E-state index in [1.54, 1.807) is 11.3 Å². The average molecular weight is 340 g/mol. The van der Waals surface area contributed by atoms with E-state index in [0.717, 1.165) is 56.5 Å². The molecule has 1 fully saturated rings. The van der Waals surface area contributed by atoms with Gasteiger partial charge in [-0.25, -0.2) is 9.98 Å². The van der Waals surface area contributed by atoms with Crippen molar-refractivity contribution in [2.24, 2.45) is 10.7 Å². The summed E-state index contributed by atoms with van der Waals surface area (Å²) in [5.41, 5.74) is 7.12. The van der Waals surface area contributed by atoms with Gasteiger partial charge in [-0.3, -0.25) is 4.90 Å². The van der Waals surface area contributed by atoms with Crippen LogP contribution in [0.15, 0.2) is 10.4 Å². The number of hydrogen-bond acceptors (Lipinski definition) is 5. The van der Waals surface area contributed by atoms with Gasteiger partial charge in [0.05, 0.1) is 25.5 Å². The minimum atomic E-state index is 0.0851. The summed E-state index contributed by atoms with van der Waals surface area (Å²) < 4.78 is 5.34. The third-order valence-electron chi connectivity index (χ3n) is 3.77. The Morgan fingerprint density at radius 3 is 2.83 bits per heavy atom. The summed E-state index contributed by atoms with van der Waals surface area (Å²) in [6.45, 7) is 12.7. The topological polar surface area (TPSA) is 75.8 Å². The molecule has 2 rings (SSSR count). The summed E-state index contributed by atoms with van der Waals surface area (Å²) in [5.74, 6) is 0.500. The van der Waals surface area contributed by atoms with E-state index in [-0.39, 0.29) is 5.41 Å². The first kappa shape index (κ1) is 18.2. The predicted octanol–water partition coefficient (Wildman–Crippen LogP) is 1.57. The highest BCUT2D eigenvalue weighted by molar-refractivity contribution is 7.09. The molecule has 0 amide bonds. The molecule has 6 nitrogen and oxygen atoms in total. The van der Waals surface area contributed by atoms with E-state index in [4.69, 9.17) is 10.5 Å². The molecule has 1 aliphatic heterocycles. The predicted molar refractivity (Wildman–Crippen MR) is 96.0 cm³/mol. The molecular weight excluding hydrogens is 310 g/mol. The van der Waals surface area contributed by atoms with Crippen LogP contribution in [-0.4, -0.2) is 55.2 Å². The van der Waals surface area contributed by atoms with Crippen LogP contribution in [0.25, 0.3) is 0 Å². The summed E-state index contributed by atoms with van der Waals surface area (Å²) in [7, 11) is 0. The SMILES string of the molecule is CC(C)(C)c1csc(CN=C(N)NCCCN2CCOCC2)n1. The molecule has 0 aliphatic carbocycles. The molecule has 0 bridgehead atoms. The lowest BCUT2D eigenvalue weighted by Gasteiger charge is -2.26. The van der Waals surface area contributed by atoms with E-state index in [9.17, 15) is 0 Å². The number of aliphatic imine (C=N–C) groups is 1. The second-order valence-corrected chi connectivity index (χ2v) is 7.75. The first-order valence-corrected chi connectivity index (χ1v) is 9.12. The first-order chi connectivity index (χ1) is 10.9. The van der Waals surface area contributed by atoms with Crippen molar-refractivity contribution < 1.29 is 4.74 Å². The molecule has 0 unspecified atom stereocenters. The van der Waals surface area contributed by atoms with Crippen LogP contribution in [0.1, 0.15) is 37.9 Å². The molecular formula is C16H29N5OS. The van der Waals surface area contributed by atoms with Crippen molar-refractivity contribution >= 4 is 17.3 Å². The average Bonchev–Trinajstić information content (AvgIpc) is 3.00. The Hall–Kier alpha value is -1.18. The number of aromatic nitrogens is 1. The quantitative estimate of drug-likeness (QED) is 0.467. The van der Waals surface area contributed by atoms with Gasteiger partial charge in [0.2, 0.25) is 0 Å². The summed E-state index contributed by atoms with van der Waals surface area (Å²) in [6, 6.07) is 0. The maximum Gasteiger partial charge on any atom is 0.189 e. The Labute approximate surface area is 143 Å². The normalized spacial score (nSPS) is 17.4. The van der Waals surface area contributed by atoms with Crippen LogP contribution >= 0.6 is 11.3 Å². The third-order valence-corrected chi connectivity index (χ3v) is 4.60. The van der Waals surface area contributed by atoms with Gasteiger partial charge in [0.25, 0.3) is 0 Å². The summed E-state index contributed by atoms with van der Waals surface area (Å²) in [6.07, 6.45) is 1.06. The maximum atomic E-state index is 5.92. The van der Waals surface area contributed by atoms with Crippen LogP contribution in [-0.2, 0) is 16.7 Å². The first-order valence-electron chi connectivity index (χ1n) is 8.24. The van der Waals surface area contributed by atoms with Crippen molar-refractivity contribution in [3.05, 3.63) is 16.1 Å². The van der Waals surface area contributed by atoms with Crippen LogP contribution in [0.3, 0.4) is 0 Å². The Kier molecular flexibility index (Phi) is 6.80. The Balaban J connectivity index is 1.65. The van der Waals surface area contributed by atoms with Crippen LogP contribution < -0.4 is 11.1 Å². The molecule has 130 valence electrons. The minimum Gasteiger partial charge on any atom is -0.379 e. The number of morpholine rings is 1. The second kappa shape index (κ2) is 8.61. The van der Waals surface area contributed by atoms with Crippen molar-refractivity contribution in [3.63, 3.8) is 0 Å². The van der Waals surface area contributed by atoms with E-state index >= 15 is 0 Å². The van der Waals surface area contributed by atoms with Crippen LogP contribution in [0.2, 0.25) is 0 Å². The van der Waals surface area contributed by atoms with E-state index < -0.39 is 0 Å². The number of guanidine groups is 1. The fourth-order valence-corrected chi connectivity index (χ4v) is 3.22. The number of ether oxygens (including phenoxy) is 1. The van der Waals surface area contributed by atoms with Gasteiger partial charge < -0.3 is 15.8 Å². The van der Waals surface area contributed by atoms with Crippen molar-refractivity contribution in [1.82, 2.24) is 15.2 Å². The van der Waals surface area contributed by atoms with Gasteiger partial charge >= 0.3 is 0 Å². The maximum absolute atomic E-state index is 5.92. The molecule has 0 aromatic carbocycles. The number of nitrogens with one attached hydrogen (secondary N) is 1. The van der Waals surface area contributed by atoms with Crippen LogP contribution in [0, 0.1) is 0 Å². The zero-order valence-corrected chi connectivity index (χ0v) is 15.3. The van der Waals surface area contributed by atoms with Gasteiger partial charge in [0, 0.05) is 30.4 Å². The highest BCUT2D eigenvalue weighted by atomic mass is 32.1. The summed E-state index contributed by atoms with van der Waals surface area (Å²) >= 11 is 1.65.